The first-order chi connectivity index (χ1) is 9.62. The van der Waals surface area contributed by atoms with Crippen LogP contribution >= 0.6 is 23.2 Å². The molecule has 0 bridgehead atoms. The van der Waals surface area contributed by atoms with Crippen LogP contribution in [0.3, 0.4) is 0 Å². The molecule has 0 aliphatic carbocycles. The summed E-state index contributed by atoms with van der Waals surface area (Å²) in [7, 11) is 0. The van der Waals surface area contributed by atoms with E-state index in [2.05, 4.69) is 0 Å². The Kier molecular flexibility index (Phi) is 4.84. The van der Waals surface area contributed by atoms with Crippen LogP contribution < -0.4 is 4.74 Å². The van der Waals surface area contributed by atoms with E-state index in [1.54, 1.807) is 24.3 Å². The van der Waals surface area contributed by atoms with Gasteiger partial charge in [-0.15, -0.1) is 11.6 Å². The van der Waals surface area contributed by atoms with Gasteiger partial charge in [-0.05, 0) is 42.0 Å². The summed E-state index contributed by atoms with van der Waals surface area (Å²) in [5.74, 6) is 0.395. The highest BCUT2D eigenvalue weighted by Gasteiger charge is 2.06. The highest BCUT2D eigenvalue weighted by Crippen LogP contribution is 2.25. The van der Waals surface area contributed by atoms with Gasteiger partial charge in [0.2, 0.25) is 0 Å². The summed E-state index contributed by atoms with van der Waals surface area (Å²) >= 11 is 11.7. The van der Waals surface area contributed by atoms with Gasteiger partial charge in [-0.1, -0.05) is 11.6 Å². The fourth-order valence-electron chi connectivity index (χ4n) is 1.75. The molecule has 0 saturated heterocycles. The lowest BCUT2D eigenvalue weighted by atomic mass is 10.1. The maximum Gasteiger partial charge on any atom is 0.124 e. The third-order valence-electron chi connectivity index (χ3n) is 2.65. The molecule has 0 N–H and O–H groups in total. The summed E-state index contributed by atoms with van der Waals surface area (Å²) in [6.07, 6.45) is 0. The second-order valence-corrected chi connectivity index (χ2v) is 4.84. The molecule has 2 nitrogen and oxygen atoms in total. The zero-order chi connectivity index (χ0) is 14.5. The smallest absolute Gasteiger partial charge is 0.124 e. The van der Waals surface area contributed by atoms with Crippen molar-refractivity contribution >= 4 is 23.2 Å². The second-order valence-electron chi connectivity index (χ2n) is 4.13. The van der Waals surface area contributed by atoms with Gasteiger partial charge in [0.1, 0.15) is 18.2 Å². The van der Waals surface area contributed by atoms with Crippen LogP contribution in [-0.4, -0.2) is 0 Å². The Morgan fingerprint density at radius 3 is 2.70 bits per heavy atom. The highest BCUT2D eigenvalue weighted by atomic mass is 35.5. The molecule has 0 heterocycles. The maximum absolute atomic E-state index is 13.3. The molecular formula is C15H10Cl2FNO. The maximum atomic E-state index is 13.3. The van der Waals surface area contributed by atoms with Gasteiger partial charge in [0.15, 0.2) is 0 Å². The lowest BCUT2D eigenvalue weighted by Gasteiger charge is -2.10. The fourth-order valence-corrected chi connectivity index (χ4v) is 2.16. The first-order valence-corrected chi connectivity index (χ1v) is 6.70. The van der Waals surface area contributed by atoms with E-state index in [0.717, 1.165) is 5.56 Å². The largest absolute Gasteiger partial charge is 0.489 e. The van der Waals surface area contributed by atoms with E-state index in [-0.39, 0.29) is 18.1 Å². The van der Waals surface area contributed by atoms with Crippen molar-refractivity contribution in [1.82, 2.24) is 0 Å². The van der Waals surface area contributed by atoms with Crippen molar-refractivity contribution in [3.8, 4) is 11.8 Å². The van der Waals surface area contributed by atoms with E-state index in [4.69, 9.17) is 33.2 Å². The first-order valence-electron chi connectivity index (χ1n) is 5.79. The minimum atomic E-state index is -0.462. The van der Waals surface area contributed by atoms with E-state index in [1.807, 2.05) is 6.07 Å². The molecule has 2 aromatic carbocycles. The highest BCUT2D eigenvalue weighted by molar-refractivity contribution is 6.30. The standard InChI is InChI=1S/C15H10Cl2FNO/c16-7-12-6-13(17)1-2-15(12)20-9-11-3-10(8-19)4-14(18)5-11/h1-6H,7,9H2. The van der Waals surface area contributed by atoms with Crippen LogP contribution in [0.25, 0.3) is 0 Å². The molecule has 0 saturated carbocycles. The molecule has 0 aromatic heterocycles. The molecule has 0 radical (unpaired) electrons. The van der Waals surface area contributed by atoms with Crippen LogP contribution in [0.2, 0.25) is 5.02 Å². The lowest BCUT2D eigenvalue weighted by Crippen LogP contribution is -1.99. The number of benzene rings is 2. The first kappa shape index (κ1) is 14.6. The van der Waals surface area contributed by atoms with Gasteiger partial charge in [0.25, 0.3) is 0 Å². The minimum absolute atomic E-state index is 0.151. The van der Waals surface area contributed by atoms with E-state index in [9.17, 15) is 4.39 Å². The Balaban J connectivity index is 2.17. The number of rotatable bonds is 4. The average molecular weight is 310 g/mol. The summed E-state index contributed by atoms with van der Waals surface area (Å²) in [5, 5.41) is 9.37. The van der Waals surface area contributed by atoms with Gasteiger partial charge in [0, 0.05) is 10.6 Å². The molecule has 0 unspecified atom stereocenters. The minimum Gasteiger partial charge on any atom is -0.489 e. The summed E-state index contributed by atoms with van der Waals surface area (Å²) in [6, 6.07) is 11.1. The Labute approximate surface area is 126 Å². The normalized spacial score (nSPS) is 10.1. The third kappa shape index (κ3) is 3.63. The number of nitrogens with zero attached hydrogens (tertiary/aromatic N) is 1. The third-order valence-corrected chi connectivity index (χ3v) is 3.17. The van der Waals surface area contributed by atoms with Crippen molar-refractivity contribution in [3.05, 3.63) is 63.9 Å². The molecule has 0 amide bonds. The molecule has 2 rings (SSSR count). The van der Waals surface area contributed by atoms with Crippen LogP contribution in [0.5, 0.6) is 5.75 Å². The Morgan fingerprint density at radius 2 is 2.00 bits per heavy atom. The average Bonchev–Trinajstić information content (AvgIpc) is 2.45. The van der Waals surface area contributed by atoms with E-state index < -0.39 is 5.82 Å². The van der Waals surface area contributed by atoms with Crippen LogP contribution in [0, 0.1) is 17.1 Å². The molecule has 2 aromatic rings. The molecule has 0 fully saturated rings. The van der Waals surface area contributed by atoms with Crippen LogP contribution in [0.1, 0.15) is 16.7 Å². The van der Waals surface area contributed by atoms with E-state index >= 15 is 0 Å². The molecule has 20 heavy (non-hydrogen) atoms. The summed E-state index contributed by atoms with van der Waals surface area (Å²) in [5.41, 5.74) is 1.60. The second kappa shape index (κ2) is 6.60. The SMILES string of the molecule is N#Cc1cc(F)cc(COc2ccc(Cl)cc2CCl)c1. The number of hydrogen-bond donors (Lipinski definition) is 0. The number of hydrogen-bond acceptors (Lipinski definition) is 2. The predicted octanol–water partition coefficient (Wildman–Crippen LogP) is 4.67. The van der Waals surface area contributed by atoms with Gasteiger partial charge < -0.3 is 4.74 Å². The van der Waals surface area contributed by atoms with Gasteiger partial charge >= 0.3 is 0 Å². The number of alkyl halides is 1. The Bertz CT molecular complexity index is 667. The van der Waals surface area contributed by atoms with Crippen molar-refractivity contribution in [3.63, 3.8) is 0 Å². The molecular weight excluding hydrogens is 300 g/mol. The molecule has 0 aliphatic heterocycles. The Morgan fingerprint density at radius 1 is 1.20 bits per heavy atom. The predicted molar refractivity (Wildman–Crippen MR) is 76.5 cm³/mol. The van der Waals surface area contributed by atoms with Crippen LogP contribution in [0.4, 0.5) is 4.39 Å². The van der Waals surface area contributed by atoms with Gasteiger partial charge in [-0.25, -0.2) is 4.39 Å². The lowest BCUT2D eigenvalue weighted by molar-refractivity contribution is 0.303. The molecule has 5 heteroatoms. The van der Waals surface area contributed by atoms with Gasteiger partial charge in [-0.3, -0.25) is 0 Å². The number of halogens is 3. The zero-order valence-electron chi connectivity index (χ0n) is 10.4. The number of nitriles is 1. The van der Waals surface area contributed by atoms with Crippen molar-refractivity contribution in [1.29, 1.82) is 5.26 Å². The summed E-state index contributed by atoms with van der Waals surface area (Å²) in [6.45, 7) is 0.151. The monoisotopic (exact) mass is 309 g/mol. The summed E-state index contributed by atoms with van der Waals surface area (Å²) < 4.78 is 18.9. The summed E-state index contributed by atoms with van der Waals surface area (Å²) in [4.78, 5) is 0. The fraction of sp³-hybridized carbons (Fsp3) is 0.133. The van der Waals surface area contributed by atoms with Crippen molar-refractivity contribution in [2.45, 2.75) is 12.5 Å². The number of ether oxygens (including phenoxy) is 1. The topological polar surface area (TPSA) is 33.0 Å². The van der Waals surface area contributed by atoms with Crippen LogP contribution in [-0.2, 0) is 12.5 Å². The van der Waals surface area contributed by atoms with Crippen molar-refractivity contribution in [2.75, 3.05) is 0 Å². The van der Waals surface area contributed by atoms with Crippen molar-refractivity contribution < 1.29 is 9.13 Å². The molecule has 0 spiro atoms. The van der Waals surface area contributed by atoms with Gasteiger partial charge in [-0.2, -0.15) is 5.26 Å². The quantitative estimate of drug-likeness (QED) is 0.769. The molecule has 0 aliphatic rings. The van der Waals surface area contributed by atoms with E-state index in [0.29, 0.717) is 16.3 Å². The molecule has 102 valence electrons. The Hall–Kier alpha value is -1.76. The zero-order valence-corrected chi connectivity index (χ0v) is 11.9. The van der Waals surface area contributed by atoms with Gasteiger partial charge in [0.05, 0.1) is 17.5 Å². The van der Waals surface area contributed by atoms with Crippen molar-refractivity contribution in [2.24, 2.45) is 0 Å². The van der Waals surface area contributed by atoms with Crippen LogP contribution in [0.15, 0.2) is 36.4 Å². The van der Waals surface area contributed by atoms with E-state index in [1.165, 1.54) is 12.1 Å². The molecule has 0 atom stereocenters.